The Hall–Kier alpha value is -4.05. The molecule has 0 saturated heterocycles. The average Bonchev–Trinajstić information content (AvgIpc) is 3.46. The highest BCUT2D eigenvalue weighted by atomic mass is 16.7. The molecule has 0 N–H and O–H groups in total. The molecule has 0 aromatic heterocycles. The minimum absolute atomic E-state index is 0.145. The zero-order valence-corrected chi connectivity index (χ0v) is 59.9. The molecule has 2 atom stereocenters. The van der Waals surface area contributed by atoms with Crippen molar-refractivity contribution in [1.82, 2.24) is 0 Å². The van der Waals surface area contributed by atoms with Gasteiger partial charge in [-0.05, 0) is 103 Å². The van der Waals surface area contributed by atoms with Gasteiger partial charge in [0.2, 0.25) is 0 Å². The van der Waals surface area contributed by atoms with Gasteiger partial charge in [0.05, 0.1) is 40.3 Å². The summed E-state index contributed by atoms with van der Waals surface area (Å²) < 4.78 is 22.9. The zero-order chi connectivity index (χ0) is 66.1. The first-order valence-electron chi connectivity index (χ1n) is 38.0. The van der Waals surface area contributed by atoms with Gasteiger partial charge in [0, 0.05) is 12.8 Å². The van der Waals surface area contributed by atoms with E-state index in [1.54, 1.807) is 0 Å². The number of quaternary nitrogens is 1. The molecular formula is C82H143NO8. The van der Waals surface area contributed by atoms with E-state index in [1.807, 2.05) is 21.1 Å². The number of aliphatic carboxylic acids is 1. The second kappa shape index (κ2) is 71.8. The molecule has 0 aromatic rings. The maximum atomic E-state index is 13.0. The minimum Gasteiger partial charge on any atom is -0.545 e. The van der Waals surface area contributed by atoms with Crippen LogP contribution in [0.4, 0.5) is 0 Å². The van der Waals surface area contributed by atoms with E-state index in [-0.39, 0.29) is 32.2 Å². The van der Waals surface area contributed by atoms with Crippen LogP contribution in [0.15, 0.2) is 109 Å². The van der Waals surface area contributed by atoms with E-state index < -0.39 is 24.3 Å². The van der Waals surface area contributed by atoms with Crippen LogP contribution in [0.1, 0.15) is 335 Å². The van der Waals surface area contributed by atoms with Crippen LogP contribution in [-0.2, 0) is 33.3 Å². The topological polar surface area (TPSA) is 111 Å². The van der Waals surface area contributed by atoms with E-state index in [9.17, 15) is 19.5 Å². The molecule has 0 heterocycles. The summed E-state index contributed by atoms with van der Waals surface area (Å²) in [5, 5.41) is 11.9. The quantitative estimate of drug-likeness (QED) is 0.0195. The van der Waals surface area contributed by atoms with Gasteiger partial charge in [0.1, 0.15) is 13.2 Å². The molecule has 91 heavy (non-hydrogen) atoms. The fourth-order valence-corrected chi connectivity index (χ4v) is 10.7. The minimum atomic E-state index is -1.63. The summed E-state index contributed by atoms with van der Waals surface area (Å²) in [6, 6.07) is 0. The van der Waals surface area contributed by atoms with Crippen LogP contribution < -0.4 is 5.11 Å². The highest BCUT2D eigenvalue weighted by molar-refractivity contribution is 5.70. The summed E-state index contributed by atoms with van der Waals surface area (Å²) in [5.41, 5.74) is 0. The number of carbonyl (C=O) groups is 3. The Morgan fingerprint density at radius 1 is 0.341 bits per heavy atom. The molecule has 0 fully saturated rings. The first kappa shape index (κ1) is 87.0. The predicted octanol–water partition coefficient (Wildman–Crippen LogP) is 22.8. The van der Waals surface area contributed by atoms with Crippen LogP contribution in [-0.4, -0.2) is 82.3 Å². The van der Waals surface area contributed by atoms with Crippen LogP contribution in [0.2, 0.25) is 0 Å². The van der Waals surface area contributed by atoms with Crippen molar-refractivity contribution < 1.29 is 42.9 Å². The van der Waals surface area contributed by atoms with E-state index in [2.05, 4.69) is 123 Å². The summed E-state index contributed by atoms with van der Waals surface area (Å²) in [4.78, 5) is 37.6. The van der Waals surface area contributed by atoms with Gasteiger partial charge in [0.25, 0.3) is 0 Å². The number of unbranched alkanes of at least 4 members (excludes halogenated alkanes) is 37. The summed E-state index contributed by atoms with van der Waals surface area (Å²) in [6.45, 7) is 4.66. The molecule has 0 aromatic carbocycles. The van der Waals surface area contributed by atoms with Gasteiger partial charge < -0.3 is 33.3 Å². The first-order valence-corrected chi connectivity index (χ1v) is 38.0. The zero-order valence-electron chi connectivity index (χ0n) is 59.9. The number of esters is 2. The molecule has 9 nitrogen and oxygen atoms in total. The summed E-state index contributed by atoms with van der Waals surface area (Å²) in [6.07, 6.45) is 97.6. The van der Waals surface area contributed by atoms with Crippen molar-refractivity contribution in [3.8, 4) is 0 Å². The predicted molar refractivity (Wildman–Crippen MR) is 389 cm³/mol. The molecule has 0 amide bonds. The largest absolute Gasteiger partial charge is 0.545 e. The molecule has 0 spiro atoms. The van der Waals surface area contributed by atoms with E-state index in [1.165, 1.54) is 212 Å². The molecule has 9 heteroatoms. The highest BCUT2D eigenvalue weighted by Crippen LogP contribution is 2.18. The number of hydrogen-bond donors (Lipinski definition) is 0. The second-order valence-corrected chi connectivity index (χ2v) is 26.6. The van der Waals surface area contributed by atoms with Gasteiger partial charge in [-0.25, -0.2) is 0 Å². The lowest BCUT2D eigenvalue weighted by atomic mass is 10.0. The summed E-state index contributed by atoms with van der Waals surface area (Å²) in [5.74, 6) is -2.27. The third-order valence-electron chi connectivity index (χ3n) is 16.5. The SMILES string of the molecule is CC/C=C\C/C=C\C/C=C\C/C=C\C/C=C\C/C=C\CCCCCCCCCCCCCCCCC(=O)OC(COC(=O)CCCCCCCCCCCCCCCCCCCC/C=C\C/C=C\C/C=C\CCCCCCC)COC(OCC[N+](C)(C)C)C(=O)[O-]. The lowest BCUT2D eigenvalue weighted by molar-refractivity contribution is -0.870. The van der Waals surface area contributed by atoms with Crippen molar-refractivity contribution >= 4 is 17.9 Å². The van der Waals surface area contributed by atoms with Crippen LogP contribution >= 0.6 is 0 Å². The molecule has 0 aliphatic rings. The van der Waals surface area contributed by atoms with Gasteiger partial charge in [-0.2, -0.15) is 0 Å². The van der Waals surface area contributed by atoms with E-state index >= 15 is 0 Å². The molecule has 0 rings (SSSR count). The first-order chi connectivity index (χ1) is 44.6. The molecule has 0 aliphatic heterocycles. The number of rotatable bonds is 70. The molecule has 0 saturated carbocycles. The number of hydrogen-bond acceptors (Lipinski definition) is 8. The van der Waals surface area contributed by atoms with Crippen molar-refractivity contribution in [3.63, 3.8) is 0 Å². The van der Waals surface area contributed by atoms with Crippen molar-refractivity contribution in [2.45, 2.75) is 347 Å². The molecule has 0 radical (unpaired) electrons. The van der Waals surface area contributed by atoms with Gasteiger partial charge in [-0.1, -0.05) is 329 Å². The Balaban J connectivity index is 4.06. The van der Waals surface area contributed by atoms with Crippen LogP contribution in [0.3, 0.4) is 0 Å². The smallest absolute Gasteiger partial charge is 0.306 e. The maximum absolute atomic E-state index is 13.0. The van der Waals surface area contributed by atoms with Crippen molar-refractivity contribution in [2.75, 3.05) is 47.5 Å². The van der Waals surface area contributed by atoms with Crippen LogP contribution in [0, 0.1) is 0 Å². The molecule has 0 aliphatic carbocycles. The Morgan fingerprint density at radius 3 is 0.934 bits per heavy atom. The number of carboxylic acids is 1. The van der Waals surface area contributed by atoms with E-state index in [4.69, 9.17) is 18.9 Å². The normalized spacial score (nSPS) is 13.3. The fraction of sp³-hybridized carbons (Fsp3) is 0.744. The number of ether oxygens (including phenoxy) is 4. The Bertz CT molecular complexity index is 1870. The number of nitrogens with zero attached hydrogens (tertiary/aromatic N) is 1. The fourth-order valence-electron chi connectivity index (χ4n) is 10.7. The standard InChI is InChI=1S/C82H143NO8/c1-6-8-10-12-14-16-18-20-22-24-26-28-30-32-34-36-38-40-42-44-46-48-50-52-54-56-58-60-62-64-66-68-70-72-79(84)89-76-78(77-90-82(81(86)87)88-75-74-83(3,4)5)91-80(85)73-71-69-67-65-63-61-59-57-55-53-51-49-47-45-43-41-39-37-35-33-31-29-27-25-23-21-19-17-15-13-11-9-7-2/h9,11,15,17-18,20-21,23-24,26-27,29-30,32-33,35,39,41,78,82H,6-8,10,12-14,16,19,22,25,28,31,34,36-38,40,42-77H2,1-5H3/b11-9-,17-15-,20-18-,23-21-,26-24-,29-27-,32-30-,35-33-,41-39-. The lowest BCUT2D eigenvalue weighted by Gasteiger charge is -2.26. The Labute approximate surface area is 562 Å². The van der Waals surface area contributed by atoms with E-state index in [0.29, 0.717) is 23.9 Å². The second-order valence-electron chi connectivity index (χ2n) is 26.6. The summed E-state index contributed by atoms with van der Waals surface area (Å²) >= 11 is 0. The molecule has 2 unspecified atom stereocenters. The number of carbonyl (C=O) groups excluding carboxylic acids is 3. The highest BCUT2D eigenvalue weighted by Gasteiger charge is 2.22. The van der Waals surface area contributed by atoms with Crippen LogP contribution in [0.5, 0.6) is 0 Å². The lowest BCUT2D eigenvalue weighted by Crippen LogP contribution is -2.44. The van der Waals surface area contributed by atoms with Crippen LogP contribution in [0.25, 0.3) is 0 Å². The number of carboxylic acid groups (broad SMARTS) is 1. The van der Waals surface area contributed by atoms with Gasteiger partial charge in [0.15, 0.2) is 12.4 Å². The van der Waals surface area contributed by atoms with Gasteiger partial charge in [-0.3, -0.25) is 9.59 Å². The van der Waals surface area contributed by atoms with Gasteiger partial charge >= 0.3 is 11.9 Å². The average molecular weight is 1270 g/mol. The number of allylic oxidation sites excluding steroid dienone is 18. The molecule has 524 valence electrons. The van der Waals surface area contributed by atoms with Crippen molar-refractivity contribution in [3.05, 3.63) is 109 Å². The van der Waals surface area contributed by atoms with E-state index in [0.717, 1.165) is 89.9 Å². The van der Waals surface area contributed by atoms with Crippen molar-refractivity contribution in [1.29, 1.82) is 0 Å². The summed E-state index contributed by atoms with van der Waals surface area (Å²) in [7, 11) is 5.94. The third-order valence-corrected chi connectivity index (χ3v) is 16.5. The van der Waals surface area contributed by atoms with Gasteiger partial charge in [-0.15, -0.1) is 0 Å². The maximum Gasteiger partial charge on any atom is 0.306 e. The molecule has 0 bridgehead atoms. The number of likely N-dealkylation sites (N-methyl/N-ethyl adjacent to an activating group) is 1. The monoisotopic (exact) mass is 1270 g/mol. The molecular weight excluding hydrogens is 1130 g/mol. The van der Waals surface area contributed by atoms with Crippen molar-refractivity contribution in [2.24, 2.45) is 0 Å². The third kappa shape index (κ3) is 73.2. The Kier molecular flexibility index (Phi) is 68.6. The Morgan fingerprint density at radius 2 is 0.626 bits per heavy atom.